The molecule has 0 aromatic heterocycles. The van der Waals surface area contributed by atoms with Crippen molar-refractivity contribution in [3.05, 3.63) is 29.6 Å². The second kappa shape index (κ2) is 5.12. The molecule has 0 aliphatic heterocycles. The van der Waals surface area contributed by atoms with Gasteiger partial charge in [0.05, 0.1) is 17.3 Å². The average Bonchev–Trinajstić information content (AvgIpc) is 2.26. The maximum atomic E-state index is 13.4. The summed E-state index contributed by atoms with van der Waals surface area (Å²) in [5, 5.41) is 11.2. The summed E-state index contributed by atoms with van der Waals surface area (Å²) in [6.07, 6.45) is 0.467. The molecule has 1 unspecified atom stereocenters. The van der Waals surface area contributed by atoms with Gasteiger partial charge in [-0.3, -0.25) is 4.79 Å². The van der Waals surface area contributed by atoms with Gasteiger partial charge in [0.2, 0.25) is 5.91 Å². The fourth-order valence-electron chi connectivity index (χ4n) is 1.26. The zero-order chi connectivity index (χ0) is 12.1. The van der Waals surface area contributed by atoms with Crippen molar-refractivity contribution in [2.24, 2.45) is 5.73 Å². The molecule has 3 N–H and O–H groups in total. The number of benzene rings is 1. The Bertz CT molecular complexity index is 439. The van der Waals surface area contributed by atoms with Crippen LogP contribution in [0.15, 0.2) is 18.2 Å². The highest BCUT2D eigenvalue weighted by Gasteiger charge is 2.14. The summed E-state index contributed by atoms with van der Waals surface area (Å²) in [6, 6.07) is 5.21. The standard InChI is InChI=1S/C11H12FN3O/c1-2-9(11(14)16)15-10-4-3-7(6-13)5-8(10)12/h3-5,9,15H,2H2,1H3,(H2,14,16). The Morgan fingerprint density at radius 2 is 2.38 bits per heavy atom. The summed E-state index contributed by atoms with van der Waals surface area (Å²) in [5.41, 5.74) is 5.53. The van der Waals surface area contributed by atoms with Crippen molar-refractivity contribution in [3.63, 3.8) is 0 Å². The fraction of sp³-hybridized carbons (Fsp3) is 0.273. The number of nitriles is 1. The van der Waals surface area contributed by atoms with E-state index in [1.165, 1.54) is 12.1 Å². The second-order valence-corrected chi connectivity index (χ2v) is 3.31. The molecule has 0 spiro atoms. The molecule has 16 heavy (non-hydrogen) atoms. The van der Waals surface area contributed by atoms with Gasteiger partial charge >= 0.3 is 0 Å². The first-order valence-corrected chi connectivity index (χ1v) is 4.84. The van der Waals surface area contributed by atoms with Crippen molar-refractivity contribution in [2.45, 2.75) is 19.4 Å². The zero-order valence-electron chi connectivity index (χ0n) is 8.83. The minimum atomic E-state index is -0.609. The van der Waals surface area contributed by atoms with E-state index < -0.39 is 17.8 Å². The van der Waals surface area contributed by atoms with Gasteiger partial charge < -0.3 is 11.1 Å². The Hall–Kier alpha value is -2.09. The highest BCUT2D eigenvalue weighted by Crippen LogP contribution is 2.16. The number of hydrogen-bond acceptors (Lipinski definition) is 3. The van der Waals surface area contributed by atoms with Gasteiger partial charge in [-0.05, 0) is 24.6 Å². The number of primary amides is 1. The molecular weight excluding hydrogens is 209 g/mol. The van der Waals surface area contributed by atoms with E-state index in [1.807, 2.05) is 6.07 Å². The van der Waals surface area contributed by atoms with E-state index in [1.54, 1.807) is 6.92 Å². The first kappa shape index (κ1) is 12.0. The van der Waals surface area contributed by atoms with E-state index >= 15 is 0 Å². The van der Waals surface area contributed by atoms with Crippen molar-refractivity contribution in [2.75, 3.05) is 5.32 Å². The lowest BCUT2D eigenvalue weighted by Gasteiger charge is -2.15. The lowest BCUT2D eigenvalue weighted by atomic mass is 10.1. The maximum Gasteiger partial charge on any atom is 0.239 e. The highest BCUT2D eigenvalue weighted by molar-refractivity contribution is 5.82. The number of nitrogens with one attached hydrogen (secondary N) is 1. The minimum Gasteiger partial charge on any atom is -0.371 e. The molecule has 84 valence electrons. The van der Waals surface area contributed by atoms with E-state index in [4.69, 9.17) is 11.0 Å². The molecule has 5 heteroatoms. The molecule has 1 amide bonds. The fourth-order valence-corrected chi connectivity index (χ4v) is 1.26. The summed E-state index contributed by atoms with van der Waals surface area (Å²) in [4.78, 5) is 11.0. The molecule has 0 bridgehead atoms. The molecule has 1 atom stereocenters. The SMILES string of the molecule is CCC(Nc1ccc(C#N)cc1F)C(N)=O. The first-order valence-electron chi connectivity index (χ1n) is 4.84. The highest BCUT2D eigenvalue weighted by atomic mass is 19.1. The summed E-state index contributed by atoms with van der Waals surface area (Å²) < 4.78 is 13.4. The van der Waals surface area contributed by atoms with Crippen molar-refractivity contribution in [1.29, 1.82) is 5.26 Å². The molecule has 0 saturated carbocycles. The van der Waals surface area contributed by atoms with Gasteiger partial charge in [0, 0.05) is 0 Å². The Kier molecular flexibility index (Phi) is 3.84. The van der Waals surface area contributed by atoms with E-state index in [2.05, 4.69) is 5.32 Å². The predicted octanol–water partition coefficient (Wildman–Crippen LogP) is 1.37. The molecule has 0 aliphatic carbocycles. The van der Waals surface area contributed by atoms with Crippen molar-refractivity contribution >= 4 is 11.6 Å². The van der Waals surface area contributed by atoms with E-state index in [0.717, 1.165) is 6.07 Å². The lowest BCUT2D eigenvalue weighted by Crippen LogP contribution is -2.35. The van der Waals surface area contributed by atoms with E-state index in [-0.39, 0.29) is 11.3 Å². The van der Waals surface area contributed by atoms with Crippen LogP contribution in [0.2, 0.25) is 0 Å². The van der Waals surface area contributed by atoms with Crippen LogP contribution in [-0.2, 0) is 4.79 Å². The molecule has 0 heterocycles. The third kappa shape index (κ3) is 2.70. The number of halogens is 1. The number of anilines is 1. The van der Waals surface area contributed by atoms with E-state index in [9.17, 15) is 9.18 Å². The molecule has 4 nitrogen and oxygen atoms in total. The number of nitrogens with zero attached hydrogens (tertiary/aromatic N) is 1. The number of nitrogens with two attached hydrogens (primary N) is 1. The number of hydrogen-bond donors (Lipinski definition) is 2. The topological polar surface area (TPSA) is 78.9 Å². The molecule has 0 saturated heterocycles. The number of carbonyl (C=O) groups excluding carboxylic acids is 1. The van der Waals surface area contributed by atoms with Crippen LogP contribution in [0.1, 0.15) is 18.9 Å². The van der Waals surface area contributed by atoms with Gasteiger partial charge in [-0.25, -0.2) is 4.39 Å². The van der Waals surface area contributed by atoms with E-state index in [0.29, 0.717) is 6.42 Å². The Labute approximate surface area is 92.9 Å². The number of carbonyl (C=O) groups is 1. The molecule has 0 radical (unpaired) electrons. The van der Waals surface area contributed by atoms with Crippen molar-refractivity contribution in [3.8, 4) is 6.07 Å². The molecule has 1 aromatic carbocycles. The Morgan fingerprint density at radius 1 is 1.69 bits per heavy atom. The van der Waals surface area contributed by atoms with Gasteiger partial charge in [0.15, 0.2) is 0 Å². The Balaban J connectivity index is 2.90. The van der Waals surface area contributed by atoms with Gasteiger partial charge in [0.1, 0.15) is 11.9 Å². The third-order valence-corrected chi connectivity index (χ3v) is 2.18. The van der Waals surface area contributed by atoms with Crippen LogP contribution in [0.25, 0.3) is 0 Å². The van der Waals surface area contributed by atoms with Crippen LogP contribution in [0, 0.1) is 17.1 Å². The summed E-state index contributed by atoms with van der Waals surface area (Å²) >= 11 is 0. The molecule has 0 aliphatic rings. The Morgan fingerprint density at radius 3 is 2.81 bits per heavy atom. The van der Waals surface area contributed by atoms with Crippen LogP contribution in [-0.4, -0.2) is 11.9 Å². The quantitative estimate of drug-likeness (QED) is 0.806. The average molecular weight is 221 g/mol. The van der Waals surface area contributed by atoms with Crippen LogP contribution in [0.5, 0.6) is 0 Å². The van der Waals surface area contributed by atoms with Crippen LogP contribution in [0.3, 0.4) is 0 Å². The largest absolute Gasteiger partial charge is 0.371 e. The summed E-state index contributed by atoms with van der Waals surface area (Å²) in [5.74, 6) is -1.11. The summed E-state index contributed by atoms with van der Waals surface area (Å²) in [6.45, 7) is 1.77. The van der Waals surface area contributed by atoms with Crippen molar-refractivity contribution < 1.29 is 9.18 Å². The number of amides is 1. The third-order valence-electron chi connectivity index (χ3n) is 2.18. The van der Waals surface area contributed by atoms with Gasteiger partial charge in [-0.15, -0.1) is 0 Å². The van der Waals surface area contributed by atoms with Gasteiger partial charge in [-0.2, -0.15) is 5.26 Å². The predicted molar refractivity (Wildman–Crippen MR) is 58.0 cm³/mol. The van der Waals surface area contributed by atoms with Crippen LogP contribution in [0.4, 0.5) is 10.1 Å². The smallest absolute Gasteiger partial charge is 0.239 e. The molecule has 1 aromatic rings. The van der Waals surface area contributed by atoms with Crippen LogP contribution >= 0.6 is 0 Å². The second-order valence-electron chi connectivity index (χ2n) is 3.31. The van der Waals surface area contributed by atoms with Gasteiger partial charge in [0.25, 0.3) is 0 Å². The normalized spacial score (nSPS) is 11.6. The first-order chi connectivity index (χ1) is 7.58. The molecule has 1 rings (SSSR count). The maximum absolute atomic E-state index is 13.4. The molecule has 0 fully saturated rings. The summed E-state index contributed by atoms with van der Waals surface area (Å²) in [7, 11) is 0. The van der Waals surface area contributed by atoms with Crippen molar-refractivity contribution in [1.82, 2.24) is 0 Å². The zero-order valence-corrected chi connectivity index (χ0v) is 8.83. The minimum absolute atomic E-state index is 0.171. The van der Waals surface area contributed by atoms with Crippen LogP contribution < -0.4 is 11.1 Å². The monoisotopic (exact) mass is 221 g/mol. The molecular formula is C11H12FN3O. The van der Waals surface area contributed by atoms with Gasteiger partial charge in [-0.1, -0.05) is 6.92 Å². The lowest BCUT2D eigenvalue weighted by molar-refractivity contribution is -0.118. The number of rotatable bonds is 4.